The average molecular weight is 391 g/mol. The second-order valence-corrected chi connectivity index (χ2v) is 3.00. The Balaban J connectivity index is -0.0000000333. The summed E-state index contributed by atoms with van der Waals surface area (Å²) >= 11 is 1.75. The smallest absolute Gasteiger partial charge is 0.0745 e. The summed E-state index contributed by atoms with van der Waals surface area (Å²) in [5, 5.41) is 1.22. The number of allylic oxidation sites excluding steroid dienone is 4. The molecule has 0 spiro atoms. The van der Waals surface area contributed by atoms with Gasteiger partial charge in [0.05, 0.1) is 0 Å². The van der Waals surface area contributed by atoms with E-state index < -0.39 is 0 Å². The van der Waals surface area contributed by atoms with Crippen molar-refractivity contribution in [3.63, 3.8) is 0 Å². The van der Waals surface area contributed by atoms with Gasteiger partial charge < -0.3 is 42.1 Å². The Morgan fingerprint density at radius 3 is 1.91 bits per heavy atom. The van der Waals surface area contributed by atoms with Gasteiger partial charge in [-0.1, -0.05) is 12.1 Å². The van der Waals surface area contributed by atoms with Gasteiger partial charge in [0, 0.05) is 0 Å². The number of aromatic amines is 1. The van der Waals surface area contributed by atoms with Crippen LogP contribution in [0.1, 0.15) is 6.42 Å². The van der Waals surface area contributed by atoms with E-state index in [9.17, 15) is 0 Å². The van der Waals surface area contributed by atoms with E-state index >= 15 is 0 Å². The molecule has 136 valence electrons. The van der Waals surface area contributed by atoms with Crippen molar-refractivity contribution in [1.82, 2.24) is 4.98 Å². The predicted molar refractivity (Wildman–Crippen MR) is 112 cm³/mol. The fourth-order valence-corrected chi connectivity index (χ4v) is 1.27. The molecule has 0 aliphatic heterocycles. The van der Waals surface area contributed by atoms with Crippen molar-refractivity contribution < 1.29 is 20.0 Å². The first-order valence-corrected chi connectivity index (χ1v) is 6.08. The first kappa shape index (κ1) is 43.3. The predicted octanol–water partition coefficient (Wildman–Crippen LogP) is 6.33. The van der Waals surface area contributed by atoms with Gasteiger partial charge in [-0.2, -0.15) is 17.5 Å². The van der Waals surface area contributed by atoms with Crippen LogP contribution >= 0.6 is 24.8 Å². The number of aromatic nitrogens is 1. The van der Waals surface area contributed by atoms with Crippen LogP contribution < -0.4 is 0 Å². The molecule has 1 aliphatic rings. The first-order valence-electron chi connectivity index (χ1n) is 4.98. The fraction of sp³-hybridized carbons (Fsp3) is 0.0526. The average Bonchev–Trinajstić information content (AvgIpc) is 3.06. The Labute approximate surface area is 169 Å². The quantitative estimate of drug-likeness (QED) is 0.399. The van der Waals surface area contributed by atoms with Crippen LogP contribution in [0, 0.1) is 49.4 Å². The van der Waals surface area contributed by atoms with Crippen LogP contribution in [0.3, 0.4) is 0 Å². The molecule has 1 aromatic heterocycles. The second kappa shape index (κ2) is 29.4. The van der Waals surface area contributed by atoms with Crippen LogP contribution in [0.4, 0.5) is 0 Å². The van der Waals surface area contributed by atoms with Crippen LogP contribution in [0.15, 0.2) is 48.6 Å². The number of hydrogen-bond donors (Lipinski definition) is 1. The van der Waals surface area contributed by atoms with Gasteiger partial charge in [0.25, 0.3) is 0 Å². The van der Waals surface area contributed by atoms with Gasteiger partial charge in [-0.25, -0.2) is 12.2 Å². The van der Waals surface area contributed by atoms with E-state index in [4.69, 9.17) is 0 Å². The van der Waals surface area contributed by atoms with Crippen molar-refractivity contribution in [2.75, 3.05) is 0 Å². The zero-order chi connectivity index (χ0) is 11.6. The van der Waals surface area contributed by atoms with Gasteiger partial charge in [-0.05, 0) is 0 Å². The van der Waals surface area contributed by atoms with Crippen molar-refractivity contribution in [1.29, 1.82) is 0 Å². The molecule has 1 heterocycles. The minimum absolute atomic E-state index is 0. The Hall–Kier alpha value is -0.596. The topological polar surface area (TPSA) is 15.8 Å². The number of H-pyrrole nitrogens is 1. The SMILES string of the molecule is Cl.Cl.[C-]1=CC=CC1.[CH2]=[Ti].[CH3-].[CH3-].[CH3-].[CH3-].[CH3-].[c-]1cc2ccccc2[nH]1. The summed E-state index contributed by atoms with van der Waals surface area (Å²) in [7, 11) is 0. The molecule has 0 saturated carbocycles. The van der Waals surface area contributed by atoms with E-state index in [-0.39, 0.29) is 61.9 Å². The maximum Gasteiger partial charge on any atom is -0.0745 e. The third-order valence-corrected chi connectivity index (χ3v) is 1.98. The molecule has 0 bridgehead atoms. The van der Waals surface area contributed by atoms with Gasteiger partial charge >= 0.3 is 24.8 Å². The molecule has 2 aromatic rings. The van der Waals surface area contributed by atoms with Crippen LogP contribution in [-0.4, -0.2) is 9.80 Å². The largest absolute Gasteiger partial charge is 0.477 e. The number of nitrogens with one attached hydrogen (secondary N) is 1. The zero-order valence-electron chi connectivity index (χ0n) is 14.8. The second-order valence-electron chi connectivity index (χ2n) is 3.00. The molecule has 23 heavy (non-hydrogen) atoms. The Morgan fingerprint density at radius 1 is 0.957 bits per heavy atom. The minimum Gasteiger partial charge on any atom is -0.477 e. The third kappa shape index (κ3) is 17.6. The molecule has 4 heteroatoms. The maximum atomic E-state index is 3.25. The maximum absolute atomic E-state index is 3.25. The normalized spacial score (nSPS) is 7.96. The number of hydrogen-bond acceptors (Lipinski definition) is 0. The molecule has 0 amide bonds. The number of rotatable bonds is 0. The summed E-state index contributed by atoms with van der Waals surface area (Å²) in [6.45, 7) is 0. The van der Waals surface area contributed by atoms with Gasteiger partial charge in [0.2, 0.25) is 0 Å². The van der Waals surface area contributed by atoms with Crippen molar-refractivity contribution in [3.05, 3.63) is 98.0 Å². The van der Waals surface area contributed by atoms with Crippen LogP contribution in [0.5, 0.6) is 0 Å². The van der Waals surface area contributed by atoms with Crippen LogP contribution in [0.25, 0.3) is 10.9 Å². The summed E-state index contributed by atoms with van der Waals surface area (Å²) in [4.78, 5) is 6.24. The van der Waals surface area contributed by atoms with Crippen molar-refractivity contribution in [2.24, 2.45) is 0 Å². The molecular weight excluding hydrogens is 361 g/mol. The van der Waals surface area contributed by atoms with E-state index in [1.165, 1.54) is 5.39 Å². The van der Waals surface area contributed by atoms with Gasteiger partial charge in [0.1, 0.15) is 0 Å². The molecule has 0 atom stereocenters. The Kier molecular flexibility index (Phi) is 55.3. The monoisotopic (exact) mass is 390 g/mol. The van der Waals surface area contributed by atoms with Gasteiger partial charge in [0.15, 0.2) is 0 Å². The number of fused-ring (bicyclic) bond motifs is 1. The van der Waals surface area contributed by atoms with E-state index in [2.05, 4.69) is 34.2 Å². The number of halogens is 2. The molecule has 0 saturated heterocycles. The van der Waals surface area contributed by atoms with E-state index in [1.54, 1.807) is 20.0 Å². The Morgan fingerprint density at radius 2 is 1.52 bits per heavy atom. The van der Waals surface area contributed by atoms with Crippen molar-refractivity contribution >= 4 is 40.5 Å². The molecule has 1 nitrogen and oxygen atoms in total. The third-order valence-electron chi connectivity index (χ3n) is 1.98. The van der Waals surface area contributed by atoms with Crippen molar-refractivity contribution in [2.45, 2.75) is 6.42 Å². The number of benzene rings is 1. The molecule has 0 fully saturated rings. The number of para-hydroxylation sites is 1. The van der Waals surface area contributed by atoms with E-state index in [0.717, 1.165) is 11.9 Å². The van der Waals surface area contributed by atoms with Gasteiger partial charge in [-0.15, -0.1) is 55.1 Å². The molecule has 1 N–H and O–H groups in total. The summed E-state index contributed by atoms with van der Waals surface area (Å²) < 4.78 is 0. The van der Waals surface area contributed by atoms with Crippen LogP contribution in [0.2, 0.25) is 0 Å². The Bertz CT molecular complexity index is 439. The standard InChI is InChI=1S/C8H6N.C5H5.5CH3.CH2.2ClH.Ti/c1-2-4-8-7(3-1)5-6-9-8;1-2-4-5-3-1;;;;;;;;;/h1-5,9H;1-3H,4H2;5*1H3;1H2;2*1H;/q7*-1;;;;. The van der Waals surface area contributed by atoms with E-state index in [1.807, 2.05) is 36.4 Å². The summed E-state index contributed by atoms with van der Waals surface area (Å²) in [6.07, 6.45) is 12.9. The molecule has 3 rings (SSSR count). The first-order chi connectivity index (χ1) is 7.97. The molecule has 1 aliphatic carbocycles. The molecule has 0 unspecified atom stereocenters. The van der Waals surface area contributed by atoms with Crippen molar-refractivity contribution in [3.8, 4) is 0 Å². The summed E-state index contributed by atoms with van der Waals surface area (Å²) in [6, 6.07) is 10.1. The molecular formula is C19H30Cl2NTi-7. The zero-order valence-corrected chi connectivity index (χ0v) is 18.0. The van der Waals surface area contributed by atoms with E-state index in [0.29, 0.717) is 0 Å². The fourth-order valence-electron chi connectivity index (χ4n) is 1.27. The summed E-state index contributed by atoms with van der Waals surface area (Å²) in [5.74, 6) is 0. The molecule has 0 radical (unpaired) electrons. The molecule has 1 aromatic carbocycles. The van der Waals surface area contributed by atoms with Crippen LogP contribution in [-0.2, 0) is 20.0 Å². The van der Waals surface area contributed by atoms with Gasteiger partial charge in [-0.3, -0.25) is 6.08 Å². The minimum atomic E-state index is 0. The summed E-state index contributed by atoms with van der Waals surface area (Å²) in [5.41, 5.74) is 1.15.